The van der Waals surface area contributed by atoms with Crippen molar-refractivity contribution in [3.8, 4) is 0 Å². The SMILES string of the molecule is C/C=C/CC(NC(=O)c1ccccc1COC1CCOCC1)C(=O)O. The number of hydrogen-bond donors (Lipinski definition) is 2. The number of amides is 1. The summed E-state index contributed by atoms with van der Waals surface area (Å²) in [7, 11) is 0. The molecule has 0 aliphatic carbocycles. The predicted octanol–water partition coefficient (Wildman–Crippen LogP) is 2.53. The second kappa shape index (κ2) is 9.96. The van der Waals surface area contributed by atoms with E-state index in [1.165, 1.54) is 0 Å². The molecule has 6 heteroatoms. The van der Waals surface area contributed by atoms with E-state index in [1.54, 1.807) is 24.3 Å². The molecular formula is C19H25NO5. The molecule has 136 valence electrons. The van der Waals surface area contributed by atoms with Crippen LogP contribution >= 0.6 is 0 Å². The van der Waals surface area contributed by atoms with Gasteiger partial charge in [0.25, 0.3) is 5.91 Å². The van der Waals surface area contributed by atoms with Crippen LogP contribution in [0.15, 0.2) is 36.4 Å². The van der Waals surface area contributed by atoms with Crippen LogP contribution in [0.5, 0.6) is 0 Å². The van der Waals surface area contributed by atoms with E-state index in [0.29, 0.717) is 25.4 Å². The van der Waals surface area contributed by atoms with Gasteiger partial charge in [0.1, 0.15) is 6.04 Å². The zero-order valence-electron chi connectivity index (χ0n) is 14.4. The number of rotatable bonds is 8. The summed E-state index contributed by atoms with van der Waals surface area (Å²) in [5.74, 6) is -1.45. The lowest BCUT2D eigenvalue weighted by molar-refractivity contribution is -0.139. The van der Waals surface area contributed by atoms with Crippen LogP contribution in [0.25, 0.3) is 0 Å². The van der Waals surface area contributed by atoms with Crippen LogP contribution in [-0.2, 0) is 20.9 Å². The van der Waals surface area contributed by atoms with Crippen LogP contribution in [0.1, 0.15) is 42.1 Å². The highest BCUT2D eigenvalue weighted by Gasteiger charge is 2.21. The van der Waals surface area contributed by atoms with Gasteiger partial charge in [-0.3, -0.25) is 4.79 Å². The molecule has 1 atom stereocenters. The number of benzene rings is 1. The number of carboxylic acids is 1. The first-order valence-electron chi connectivity index (χ1n) is 8.54. The molecule has 0 aromatic heterocycles. The van der Waals surface area contributed by atoms with Crippen molar-refractivity contribution in [2.45, 2.75) is 44.9 Å². The maximum atomic E-state index is 12.5. The highest BCUT2D eigenvalue weighted by Crippen LogP contribution is 2.16. The highest BCUT2D eigenvalue weighted by molar-refractivity contribution is 5.97. The van der Waals surface area contributed by atoms with Gasteiger partial charge in [-0.2, -0.15) is 0 Å². The molecule has 1 unspecified atom stereocenters. The fourth-order valence-corrected chi connectivity index (χ4v) is 2.65. The number of carboxylic acid groups (broad SMARTS) is 1. The van der Waals surface area contributed by atoms with E-state index in [9.17, 15) is 14.7 Å². The molecule has 1 heterocycles. The average molecular weight is 347 g/mol. The summed E-state index contributed by atoms with van der Waals surface area (Å²) >= 11 is 0. The average Bonchev–Trinajstić information content (AvgIpc) is 2.64. The summed E-state index contributed by atoms with van der Waals surface area (Å²) < 4.78 is 11.2. The number of aliphatic carboxylic acids is 1. The van der Waals surface area contributed by atoms with Crippen molar-refractivity contribution in [2.75, 3.05) is 13.2 Å². The van der Waals surface area contributed by atoms with E-state index in [0.717, 1.165) is 18.4 Å². The second-order valence-corrected chi connectivity index (χ2v) is 5.95. The lowest BCUT2D eigenvalue weighted by Crippen LogP contribution is -2.40. The second-order valence-electron chi connectivity index (χ2n) is 5.95. The number of carbonyl (C=O) groups is 2. The molecule has 1 aromatic rings. The zero-order valence-corrected chi connectivity index (χ0v) is 14.4. The fourth-order valence-electron chi connectivity index (χ4n) is 2.65. The third-order valence-electron chi connectivity index (χ3n) is 4.12. The van der Waals surface area contributed by atoms with Crippen molar-refractivity contribution in [1.82, 2.24) is 5.32 Å². The molecule has 2 rings (SSSR count). The van der Waals surface area contributed by atoms with Gasteiger partial charge in [0, 0.05) is 18.8 Å². The Labute approximate surface area is 147 Å². The van der Waals surface area contributed by atoms with E-state index in [1.807, 2.05) is 19.1 Å². The Bertz CT molecular complexity index is 608. The number of ether oxygens (including phenoxy) is 2. The predicted molar refractivity (Wildman–Crippen MR) is 93.4 cm³/mol. The molecule has 1 fully saturated rings. The van der Waals surface area contributed by atoms with Gasteiger partial charge in [0.15, 0.2) is 0 Å². The van der Waals surface area contributed by atoms with Crippen molar-refractivity contribution in [3.63, 3.8) is 0 Å². The minimum atomic E-state index is -1.05. The van der Waals surface area contributed by atoms with E-state index < -0.39 is 17.9 Å². The first-order chi connectivity index (χ1) is 12.1. The van der Waals surface area contributed by atoms with Crippen LogP contribution in [0.3, 0.4) is 0 Å². The molecule has 0 spiro atoms. The molecule has 1 aromatic carbocycles. The van der Waals surface area contributed by atoms with Crippen LogP contribution < -0.4 is 5.32 Å². The Hall–Kier alpha value is -2.18. The van der Waals surface area contributed by atoms with Crippen molar-refractivity contribution < 1.29 is 24.2 Å². The molecule has 0 saturated carbocycles. The summed E-state index contributed by atoms with van der Waals surface area (Å²) in [6.07, 6.45) is 5.55. The van der Waals surface area contributed by atoms with E-state index in [2.05, 4.69) is 5.32 Å². The lowest BCUT2D eigenvalue weighted by atomic mass is 10.1. The third-order valence-corrected chi connectivity index (χ3v) is 4.12. The molecule has 1 aliphatic rings. The van der Waals surface area contributed by atoms with E-state index in [-0.39, 0.29) is 12.5 Å². The minimum absolute atomic E-state index is 0.131. The Kier molecular flexibility index (Phi) is 7.63. The maximum absolute atomic E-state index is 12.5. The molecule has 1 amide bonds. The molecule has 0 radical (unpaired) electrons. The Balaban J connectivity index is 2.02. The van der Waals surface area contributed by atoms with E-state index >= 15 is 0 Å². The maximum Gasteiger partial charge on any atom is 0.326 e. The smallest absolute Gasteiger partial charge is 0.326 e. The van der Waals surface area contributed by atoms with Gasteiger partial charge in [-0.15, -0.1) is 0 Å². The highest BCUT2D eigenvalue weighted by atomic mass is 16.5. The molecule has 1 saturated heterocycles. The molecule has 6 nitrogen and oxygen atoms in total. The van der Waals surface area contributed by atoms with Gasteiger partial charge in [-0.1, -0.05) is 30.4 Å². The van der Waals surface area contributed by atoms with Crippen molar-refractivity contribution >= 4 is 11.9 Å². The van der Waals surface area contributed by atoms with Gasteiger partial charge < -0.3 is 19.9 Å². The van der Waals surface area contributed by atoms with Crippen molar-refractivity contribution in [1.29, 1.82) is 0 Å². The lowest BCUT2D eigenvalue weighted by Gasteiger charge is -2.23. The molecule has 25 heavy (non-hydrogen) atoms. The van der Waals surface area contributed by atoms with Gasteiger partial charge in [-0.25, -0.2) is 4.79 Å². The molecule has 0 bridgehead atoms. The first kappa shape index (κ1) is 19.1. The monoisotopic (exact) mass is 347 g/mol. The Morgan fingerprint density at radius 3 is 2.76 bits per heavy atom. The van der Waals surface area contributed by atoms with Gasteiger partial charge in [-0.05, 0) is 37.8 Å². The van der Waals surface area contributed by atoms with E-state index in [4.69, 9.17) is 9.47 Å². The third kappa shape index (κ3) is 5.99. The molecule has 1 aliphatic heterocycles. The van der Waals surface area contributed by atoms with Crippen molar-refractivity contribution in [2.24, 2.45) is 0 Å². The minimum Gasteiger partial charge on any atom is -0.480 e. The topological polar surface area (TPSA) is 84.9 Å². The van der Waals surface area contributed by atoms with Gasteiger partial charge in [0.05, 0.1) is 12.7 Å². The number of hydrogen-bond acceptors (Lipinski definition) is 4. The first-order valence-corrected chi connectivity index (χ1v) is 8.54. The van der Waals surface area contributed by atoms with Gasteiger partial charge in [0.2, 0.25) is 0 Å². The normalized spacial score (nSPS) is 16.7. The summed E-state index contributed by atoms with van der Waals surface area (Å²) in [4.78, 5) is 23.8. The van der Waals surface area contributed by atoms with Crippen LogP contribution in [-0.4, -0.2) is 42.3 Å². The Morgan fingerprint density at radius 1 is 1.36 bits per heavy atom. The number of carbonyl (C=O) groups excluding carboxylic acids is 1. The summed E-state index contributed by atoms with van der Waals surface area (Å²) in [5, 5.41) is 11.8. The molecule has 2 N–H and O–H groups in total. The fraction of sp³-hybridized carbons (Fsp3) is 0.474. The van der Waals surface area contributed by atoms with Crippen molar-refractivity contribution in [3.05, 3.63) is 47.5 Å². The molecular weight excluding hydrogens is 322 g/mol. The summed E-state index contributed by atoms with van der Waals surface area (Å²) in [6, 6.07) is 6.17. The summed E-state index contributed by atoms with van der Waals surface area (Å²) in [5.41, 5.74) is 1.20. The largest absolute Gasteiger partial charge is 0.480 e. The number of nitrogens with one attached hydrogen (secondary N) is 1. The van der Waals surface area contributed by atoms with Crippen LogP contribution in [0.2, 0.25) is 0 Å². The Morgan fingerprint density at radius 2 is 2.08 bits per heavy atom. The zero-order chi connectivity index (χ0) is 18.1. The number of allylic oxidation sites excluding steroid dienone is 1. The quantitative estimate of drug-likeness (QED) is 0.706. The summed E-state index contributed by atoms with van der Waals surface area (Å²) in [6.45, 7) is 3.51. The standard InChI is InChI=1S/C19H25NO5/c1-2-3-8-17(19(22)23)20-18(21)16-7-5-4-6-14(16)13-25-15-9-11-24-12-10-15/h2-7,15,17H,8-13H2,1H3,(H,20,21)(H,22,23)/b3-2+. The van der Waals surface area contributed by atoms with Crippen LogP contribution in [0.4, 0.5) is 0 Å². The van der Waals surface area contributed by atoms with Crippen LogP contribution in [0, 0.1) is 0 Å². The van der Waals surface area contributed by atoms with Gasteiger partial charge >= 0.3 is 5.97 Å².